The zero-order valence-corrected chi connectivity index (χ0v) is 17.6. The van der Waals surface area contributed by atoms with E-state index in [1.807, 2.05) is 17.0 Å². The van der Waals surface area contributed by atoms with Crippen LogP contribution in [0.4, 0.5) is 13.2 Å². The molecule has 0 aliphatic carbocycles. The highest BCUT2D eigenvalue weighted by Gasteiger charge is 2.43. The van der Waals surface area contributed by atoms with E-state index in [1.165, 1.54) is 0 Å². The fourth-order valence-corrected chi connectivity index (χ4v) is 3.71. The molecule has 1 N–H and O–H groups in total. The largest absolute Gasteiger partial charge is 0.490 e. The minimum Gasteiger partial charge on any atom is -0.489 e. The quantitative estimate of drug-likeness (QED) is 0.728. The molecule has 33 heavy (non-hydrogen) atoms. The number of nitrogens with zero attached hydrogens (tertiary/aromatic N) is 4. The summed E-state index contributed by atoms with van der Waals surface area (Å²) in [7, 11) is 0. The van der Waals surface area contributed by atoms with Gasteiger partial charge in [0, 0.05) is 31.7 Å². The second-order valence-corrected chi connectivity index (χ2v) is 7.80. The van der Waals surface area contributed by atoms with E-state index in [0.29, 0.717) is 6.61 Å². The van der Waals surface area contributed by atoms with Crippen molar-refractivity contribution in [2.75, 3.05) is 26.3 Å². The molecule has 2 aliphatic heterocycles. The average Bonchev–Trinajstić information content (AvgIpc) is 3.21. The van der Waals surface area contributed by atoms with Crippen LogP contribution in [0, 0.1) is 5.41 Å². The number of aromatic nitrogens is 3. The fourth-order valence-electron chi connectivity index (χ4n) is 3.71. The van der Waals surface area contributed by atoms with Crippen LogP contribution in [0.2, 0.25) is 0 Å². The lowest BCUT2D eigenvalue weighted by Gasteiger charge is -2.38. The molecule has 0 saturated carbocycles. The summed E-state index contributed by atoms with van der Waals surface area (Å²) < 4.78 is 43.5. The lowest BCUT2D eigenvalue weighted by atomic mass is 9.76. The molecule has 4 heterocycles. The number of piperidine rings is 1. The number of halogens is 3. The van der Waals surface area contributed by atoms with Crippen LogP contribution >= 0.6 is 0 Å². The number of hydrogen-bond donors (Lipinski definition) is 1. The lowest BCUT2D eigenvalue weighted by Crippen LogP contribution is -2.44. The third kappa shape index (κ3) is 6.85. The second-order valence-electron chi connectivity index (χ2n) is 7.80. The van der Waals surface area contributed by atoms with E-state index >= 15 is 0 Å². The van der Waals surface area contributed by atoms with Crippen molar-refractivity contribution in [1.29, 1.82) is 0 Å². The van der Waals surface area contributed by atoms with Crippen molar-refractivity contribution >= 4 is 11.9 Å². The summed E-state index contributed by atoms with van der Waals surface area (Å²) in [6.45, 7) is 2.71. The number of pyridine rings is 1. The maximum Gasteiger partial charge on any atom is 0.490 e. The van der Waals surface area contributed by atoms with Gasteiger partial charge in [-0.25, -0.2) is 14.8 Å². The summed E-state index contributed by atoms with van der Waals surface area (Å²) in [6.07, 6.45) is 4.49. The lowest BCUT2D eigenvalue weighted by molar-refractivity contribution is -0.192. The Labute approximate surface area is 187 Å². The standard InChI is InChI=1S/C19H22N4O3.C2HF3O2/c24-18(17-21-7-2-8-22-17)23-9-4-19(5-10-23)11-16(26-14-19)13-25-15-3-1-6-20-12-15;3-2(4,5)1(6)7/h1-3,6-8,12,16H,4-5,9-11,13-14H2;(H,6,7). The van der Waals surface area contributed by atoms with E-state index in [9.17, 15) is 18.0 Å². The summed E-state index contributed by atoms with van der Waals surface area (Å²) in [6, 6.07) is 5.47. The van der Waals surface area contributed by atoms with Crippen LogP contribution in [0.1, 0.15) is 29.9 Å². The maximum atomic E-state index is 12.5. The molecule has 178 valence electrons. The van der Waals surface area contributed by atoms with Gasteiger partial charge in [-0.15, -0.1) is 0 Å². The molecule has 2 aromatic heterocycles. The Morgan fingerprint density at radius 1 is 1.18 bits per heavy atom. The Balaban J connectivity index is 0.000000383. The molecule has 1 unspecified atom stereocenters. The highest BCUT2D eigenvalue weighted by atomic mass is 19.4. The van der Waals surface area contributed by atoms with Gasteiger partial charge in [-0.2, -0.15) is 13.2 Å². The zero-order chi connectivity index (χ0) is 23.9. The number of carbonyl (C=O) groups is 2. The van der Waals surface area contributed by atoms with Crippen molar-refractivity contribution < 1.29 is 37.3 Å². The van der Waals surface area contributed by atoms with E-state index in [-0.39, 0.29) is 23.3 Å². The molecular formula is C21H23F3N4O5. The number of carboxylic acids is 1. The van der Waals surface area contributed by atoms with Crippen LogP contribution in [0.15, 0.2) is 43.0 Å². The van der Waals surface area contributed by atoms with Crippen LogP contribution in [0.25, 0.3) is 0 Å². The predicted octanol–water partition coefficient (Wildman–Crippen LogP) is 2.60. The van der Waals surface area contributed by atoms with E-state index in [2.05, 4.69) is 15.0 Å². The number of ether oxygens (including phenoxy) is 2. The van der Waals surface area contributed by atoms with Gasteiger partial charge >= 0.3 is 12.1 Å². The summed E-state index contributed by atoms with van der Waals surface area (Å²) in [5.41, 5.74) is 0.150. The highest BCUT2D eigenvalue weighted by molar-refractivity contribution is 5.90. The second kappa shape index (κ2) is 10.6. The molecule has 0 bridgehead atoms. The number of rotatable bonds is 4. The van der Waals surface area contributed by atoms with Gasteiger partial charge in [0.05, 0.1) is 18.9 Å². The van der Waals surface area contributed by atoms with Crippen LogP contribution in [0.5, 0.6) is 5.75 Å². The third-order valence-electron chi connectivity index (χ3n) is 5.47. The van der Waals surface area contributed by atoms with Crippen molar-refractivity contribution in [3.05, 3.63) is 48.8 Å². The number of likely N-dealkylation sites (tertiary alicyclic amines) is 1. The number of carbonyl (C=O) groups excluding carboxylic acids is 1. The van der Waals surface area contributed by atoms with Gasteiger partial charge in [-0.1, -0.05) is 0 Å². The molecule has 2 aliphatic rings. The summed E-state index contributed by atoms with van der Waals surface area (Å²) in [5, 5.41) is 7.12. The highest BCUT2D eigenvalue weighted by Crippen LogP contribution is 2.42. The smallest absolute Gasteiger partial charge is 0.489 e. The van der Waals surface area contributed by atoms with Crippen molar-refractivity contribution in [3.63, 3.8) is 0 Å². The van der Waals surface area contributed by atoms with Crippen molar-refractivity contribution in [2.45, 2.75) is 31.5 Å². The Morgan fingerprint density at radius 2 is 1.85 bits per heavy atom. The Kier molecular flexibility index (Phi) is 7.79. The SMILES string of the molecule is O=C(O)C(F)(F)F.O=C(c1ncccn1)N1CCC2(CC1)COC(COc1cccnc1)C2. The molecule has 4 rings (SSSR count). The number of aliphatic carboxylic acids is 1. The molecule has 1 amide bonds. The molecule has 2 saturated heterocycles. The van der Waals surface area contributed by atoms with Gasteiger partial charge in [0.2, 0.25) is 5.82 Å². The van der Waals surface area contributed by atoms with Gasteiger partial charge in [-0.05, 0) is 42.9 Å². The minimum atomic E-state index is -5.08. The van der Waals surface area contributed by atoms with Gasteiger partial charge in [0.15, 0.2) is 0 Å². The number of carboxylic acid groups (broad SMARTS) is 1. The van der Waals surface area contributed by atoms with Gasteiger partial charge in [0.1, 0.15) is 12.4 Å². The normalized spacial score (nSPS) is 19.5. The molecular weight excluding hydrogens is 445 g/mol. The van der Waals surface area contributed by atoms with Crippen LogP contribution in [0.3, 0.4) is 0 Å². The molecule has 1 atom stereocenters. The fraction of sp³-hybridized carbons (Fsp3) is 0.476. The van der Waals surface area contributed by atoms with Gasteiger partial charge in [0.25, 0.3) is 5.91 Å². The first-order chi connectivity index (χ1) is 15.7. The predicted molar refractivity (Wildman–Crippen MR) is 107 cm³/mol. The van der Waals surface area contributed by atoms with E-state index in [0.717, 1.165) is 44.7 Å². The zero-order valence-electron chi connectivity index (χ0n) is 17.6. The number of hydrogen-bond acceptors (Lipinski definition) is 7. The Bertz CT molecular complexity index is 923. The van der Waals surface area contributed by atoms with E-state index in [1.54, 1.807) is 30.9 Å². The first-order valence-electron chi connectivity index (χ1n) is 10.2. The molecule has 2 fully saturated rings. The molecule has 0 aromatic carbocycles. The van der Waals surface area contributed by atoms with E-state index in [4.69, 9.17) is 19.4 Å². The Morgan fingerprint density at radius 3 is 2.42 bits per heavy atom. The average molecular weight is 468 g/mol. The summed E-state index contributed by atoms with van der Waals surface area (Å²) >= 11 is 0. The molecule has 1 spiro atoms. The van der Waals surface area contributed by atoms with Crippen molar-refractivity contribution in [2.24, 2.45) is 5.41 Å². The van der Waals surface area contributed by atoms with Crippen molar-refractivity contribution in [3.8, 4) is 5.75 Å². The molecule has 0 radical (unpaired) electrons. The monoisotopic (exact) mass is 468 g/mol. The number of alkyl halides is 3. The van der Waals surface area contributed by atoms with E-state index < -0.39 is 12.1 Å². The summed E-state index contributed by atoms with van der Waals surface area (Å²) in [4.78, 5) is 35.4. The van der Waals surface area contributed by atoms with Gasteiger partial charge < -0.3 is 19.5 Å². The maximum absolute atomic E-state index is 12.5. The molecule has 12 heteroatoms. The Hall–Kier alpha value is -3.28. The van der Waals surface area contributed by atoms with Crippen LogP contribution in [-0.2, 0) is 9.53 Å². The summed E-state index contributed by atoms with van der Waals surface area (Å²) in [5.74, 6) is -1.81. The first-order valence-corrected chi connectivity index (χ1v) is 10.2. The molecule has 2 aromatic rings. The molecule has 9 nitrogen and oxygen atoms in total. The van der Waals surface area contributed by atoms with Crippen LogP contribution in [-0.4, -0.2) is 75.4 Å². The number of amides is 1. The first kappa shape index (κ1) is 24.4. The van der Waals surface area contributed by atoms with Gasteiger partial charge in [-0.3, -0.25) is 9.78 Å². The van der Waals surface area contributed by atoms with Crippen LogP contribution < -0.4 is 4.74 Å². The van der Waals surface area contributed by atoms with Crippen molar-refractivity contribution in [1.82, 2.24) is 19.9 Å². The minimum absolute atomic E-state index is 0.0872. The third-order valence-corrected chi connectivity index (χ3v) is 5.47. The topological polar surface area (TPSA) is 115 Å².